The van der Waals surface area contributed by atoms with E-state index in [9.17, 15) is 4.79 Å². The second kappa shape index (κ2) is 2.21. The van der Waals surface area contributed by atoms with E-state index in [4.69, 9.17) is 0 Å². The average Bonchev–Trinajstić information content (AvgIpc) is 2.28. The second-order valence-corrected chi connectivity index (χ2v) is 3.63. The molecule has 11 heavy (non-hydrogen) atoms. The van der Waals surface area contributed by atoms with Gasteiger partial charge in [0.05, 0.1) is 5.54 Å². The summed E-state index contributed by atoms with van der Waals surface area (Å²) in [4.78, 5) is 13.3. The minimum absolute atomic E-state index is 0.188. The highest BCUT2D eigenvalue weighted by atomic mass is 16.2. The van der Waals surface area contributed by atoms with Gasteiger partial charge in [-0.05, 0) is 13.0 Å². The van der Waals surface area contributed by atoms with Crippen molar-refractivity contribution < 1.29 is 4.79 Å². The lowest BCUT2D eigenvalue weighted by atomic mass is 9.88. The van der Waals surface area contributed by atoms with E-state index in [0.717, 1.165) is 32.5 Å². The molecular weight excluding hydrogens is 140 g/mol. The molecule has 1 N–H and O–H groups in total. The van der Waals surface area contributed by atoms with Gasteiger partial charge in [0.25, 0.3) is 0 Å². The third-order valence-corrected chi connectivity index (χ3v) is 2.73. The van der Waals surface area contributed by atoms with Crippen LogP contribution in [0.1, 0.15) is 19.8 Å². The maximum absolute atomic E-state index is 10.9. The molecule has 0 aromatic carbocycles. The van der Waals surface area contributed by atoms with E-state index < -0.39 is 0 Å². The summed E-state index contributed by atoms with van der Waals surface area (Å²) in [5, 5.41) is 3.05. The fourth-order valence-electron chi connectivity index (χ4n) is 2.04. The summed E-state index contributed by atoms with van der Waals surface area (Å²) in [5.74, 6) is 0.237. The minimum Gasteiger partial charge on any atom is -0.348 e. The number of hydrogen-bond acceptors (Lipinski definition) is 2. The minimum atomic E-state index is 0.188. The van der Waals surface area contributed by atoms with Gasteiger partial charge in [0.1, 0.15) is 0 Å². The van der Waals surface area contributed by atoms with E-state index in [1.807, 2.05) is 0 Å². The molecule has 0 aromatic heterocycles. The molecule has 2 aliphatic heterocycles. The molecule has 0 atom stereocenters. The summed E-state index contributed by atoms with van der Waals surface area (Å²) in [5.41, 5.74) is 0.188. The summed E-state index contributed by atoms with van der Waals surface area (Å²) in [6, 6.07) is 0. The van der Waals surface area contributed by atoms with Crippen molar-refractivity contribution >= 4 is 5.91 Å². The molecule has 0 aromatic rings. The van der Waals surface area contributed by atoms with Gasteiger partial charge in [-0.3, -0.25) is 9.69 Å². The Labute approximate surface area is 66.8 Å². The van der Waals surface area contributed by atoms with Gasteiger partial charge in [0.15, 0.2) is 0 Å². The molecule has 1 spiro atoms. The maximum Gasteiger partial charge on any atom is 0.220 e. The molecule has 3 nitrogen and oxygen atoms in total. The van der Waals surface area contributed by atoms with Crippen molar-refractivity contribution in [2.24, 2.45) is 0 Å². The number of nitrogens with one attached hydrogen (secondary N) is 1. The first kappa shape index (κ1) is 7.10. The molecule has 2 fully saturated rings. The maximum atomic E-state index is 10.9. The number of likely N-dealkylation sites (N-methyl/N-ethyl adjacent to an activating group) is 1. The molecule has 2 heterocycles. The van der Waals surface area contributed by atoms with Crippen LogP contribution in [0.25, 0.3) is 0 Å². The number of likely N-dealkylation sites (tertiary alicyclic amines) is 1. The van der Waals surface area contributed by atoms with Gasteiger partial charge in [0.2, 0.25) is 5.91 Å². The lowest BCUT2D eigenvalue weighted by molar-refractivity contribution is -0.120. The van der Waals surface area contributed by atoms with Crippen molar-refractivity contribution in [3.05, 3.63) is 0 Å². The Morgan fingerprint density at radius 1 is 1.64 bits per heavy atom. The van der Waals surface area contributed by atoms with Crippen LogP contribution in [0, 0.1) is 0 Å². The normalized spacial score (nSPS) is 28.6. The highest BCUT2D eigenvalue weighted by Crippen LogP contribution is 2.29. The van der Waals surface area contributed by atoms with Crippen molar-refractivity contribution in [1.29, 1.82) is 0 Å². The van der Waals surface area contributed by atoms with E-state index >= 15 is 0 Å². The van der Waals surface area contributed by atoms with Crippen LogP contribution in [0.3, 0.4) is 0 Å². The molecule has 0 unspecified atom stereocenters. The van der Waals surface area contributed by atoms with Crippen molar-refractivity contribution in [2.45, 2.75) is 25.3 Å². The van der Waals surface area contributed by atoms with Crippen LogP contribution in [-0.4, -0.2) is 36.0 Å². The average molecular weight is 154 g/mol. The van der Waals surface area contributed by atoms with Crippen LogP contribution in [0.2, 0.25) is 0 Å². The highest BCUT2D eigenvalue weighted by Gasteiger charge is 2.46. The summed E-state index contributed by atoms with van der Waals surface area (Å²) >= 11 is 0. The Bertz CT molecular complexity index is 185. The molecule has 62 valence electrons. The molecular formula is C8H14N2O. The molecule has 1 amide bonds. The largest absolute Gasteiger partial charge is 0.348 e. The van der Waals surface area contributed by atoms with Gasteiger partial charge in [-0.2, -0.15) is 0 Å². The van der Waals surface area contributed by atoms with Crippen molar-refractivity contribution in [3.63, 3.8) is 0 Å². The Hall–Kier alpha value is -0.570. The number of hydrogen-bond donors (Lipinski definition) is 1. The van der Waals surface area contributed by atoms with Crippen LogP contribution < -0.4 is 5.32 Å². The van der Waals surface area contributed by atoms with Crippen molar-refractivity contribution in [1.82, 2.24) is 10.2 Å². The van der Waals surface area contributed by atoms with Crippen LogP contribution in [-0.2, 0) is 4.79 Å². The molecule has 0 radical (unpaired) electrons. The molecule has 2 rings (SSSR count). The van der Waals surface area contributed by atoms with E-state index in [1.165, 1.54) is 0 Å². The quantitative estimate of drug-likeness (QED) is 0.575. The van der Waals surface area contributed by atoms with E-state index in [1.54, 1.807) is 0 Å². The lowest BCUT2D eigenvalue weighted by Crippen LogP contribution is -2.66. The first-order valence-corrected chi connectivity index (χ1v) is 4.27. The van der Waals surface area contributed by atoms with Gasteiger partial charge >= 0.3 is 0 Å². The van der Waals surface area contributed by atoms with Crippen molar-refractivity contribution in [3.8, 4) is 0 Å². The molecule has 3 heteroatoms. The summed E-state index contributed by atoms with van der Waals surface area (Å²) in [6.45, 7) is 5.39. The molecule has 0 saturated carbocycles. The summed E-state index contributed by atoms with van der Waals surface area (Å²) in [7, 11) is 0. The monoisotopic (exact) mass is 154 g/mol. The van der Waals surface area contributed by atoms with Gasteiger partial charge in [-0.1, -0.05) is 6.92 Å². The standard InChI is InChI=1S/C8H14N2O/c1-2-10-5-8(6-10)4-3-7(11)9-8/h2-6H2,1H3,(H,9,11). The predicted octanol–water partition coefficient (Wildman–Crippen LogP) is -0.0293. The van der Waals surface area contributed by atoms with Crippen molar-refractivity contribution in [2.75, 3.05) is 19.6 Å². The Kier molecular flexibility index (Phi) is 1.42. The van der Waals surface area contributed by atoms with E-state index in [2.05, 4.69) is 17.1 Å². The Morgan fingerprint density at radius 2 is 2.36 bits per heavy atom. The fraction of sp³-hybridized carbons (Fsp3) is 0.875. The topological polar surface area (TPSA) is 32.3 Å². The van der Waals surface area contributed by atoms with Crippen LogP contribution >= 0.6 is 0 Å². The SMILES string of the molecule is CCN1CC2(CCC(=O)N2)C1. The fourth-order valence-corrected chi connectivity index (χ4v) is 2.04. The Morgan fingerprint density at radius 3 is 2.82 bits per heavy atom. The zero-order valence-electron chi connectivity index (χ0n) is 6.89. The first-order valence-electron chi connectivity index (χ1n) is 4.27. The summed E-state index contributed by atoms with van der Waals surface area (Å²) in [6.07, 6.45) is 1.78. The molecule has 0 bridgehead atoms. The first-order chi connectivity index (χ1) is 5.24. The van der Waals surface area contributed by atoms with Gasteiger partial charge in [-0.15, -0.1) is 0 Å². The van der Waals surface area contributed by atoms with E-state index in [-0.39, 0.29) is 11.4 Å². The van der Waals surface area contributed by atoms with Gasteiger partial charge in [0, 0.05) is 19.5 Å². The van der Waals surface area contributed by atoms with Gasteiger partial charge < -0.3 is 5.32 Å². The predicted molar refractivity (Wildman–Crippen MR) is 42.2 cm³/mol. The van der Waals surface area contributed by atoms with E-state index in [0.29, 0.717) is 0 Å². The second-order valence-electron chi connectivity index (χ2n) is 3.63. The smallest absolute Gasteiger partial charge is 0.220 e. The number of carbonyl (C=O) groups is 1. The molecule has 2 aliphatic rings. The van der Waals surface area contributed by atoms with Crippen LogP contribution in [0.5, 0.6) is 0 Å². The highest BCUT2D eigenvalue weighted by molar-refractivity contribution is 5.79. The number of amides is 1. The Balaban J connectivity index is 1.92. The summed E-state index contributed by atoms with van der Waals surface area (Å²) < 4.78 is 0. The molecule has 2 saturated heterocycles. The van der Waals surface area contributed by atoms with Gasteiger partial charge in [-0.25, -0.2) is 0 Å². The zero-order valence-corrected chi connectivity index (χ0v) is 6.89. The number of nitrogens with zero attached hydrogens (tertiary/aromatic N) is 1. The number of rotatable bonds is 1. The zero-order chi connectivity index (χ0) is 7.90. The number of carbonyl (C=O) groups excluding carboxylic acids is 1. The molecule has 0 aliphatic carbocycles. The van der Waals surface area contributed by atoms with Crippen LogP contribution in [0.4, 0.5) is 0 Å². The lowest BCUT2D eigenvalue weighted by Gasteiger charge is -2.47. The third kappa shape index (κ3) is 1.03. The van der Waals surface area contributed by atoms with Crippen LogP contribution in [0.15, 0.2) is 0 Å². The third-order valence-electron chi connectivity index (χ3n) is 2.73.